The quantitative estimate of drug-likeness (QED) is 0.658. The maximum atomic E-state index is 6.15. The highest BCUT2D eigenvalue weighted by molar-refractivity contribution is 5.78. The first-order valence-electron chi connectivity index (χ1n) is 9.19. The SMILES string of the molecule is CC1CCCCN1C(C)CN=C(N)NC1CCOc2ccccc21. The first-order valence-corrected chi connectivity index (χ1v) is 9.19. The normalized spacial score (nSPS) is 26.3. The minimum absolute atomic E-state index is 0.183. The zero-order chi connectivity index (χ0) is 16.9. The van der Waals surface area contributed by atoms with Gasteiger partial charge in [0.05, 0.1) is 19.2 Å². The molecule has 2 aliphatic heterocycles. The zero-order valence-corrected chi connectivity index (χ0v) is 14.9. The summed E-state index contributed by atoms with van der Waals surface area (Å²) in [5.41, 5.74) is 7.32. The summed E-state index contributed by atoms with van der Waals surface area (Å²) in [4.78, 5) is 7.16. The highest BCUT2D eigenvalue weighted by Crippen LogP contribution is 2.31. The van der Waals surface area contributed by atoms with Gasteiger partial charge in [0.2, 0.25) is 0 Å². The summed E-state index contributed by atoms with van der Waals surface area (Å²) in [6.07, 6.45) is 4.85. The highest BCUT2D eigenvalue weighted by Gasteiger charge is 2.24. The number of nitrogens with one attached hydrogen (secondary N) is 1. The Morgan fingerprint density at radius 1 is 1.38 bits per heavy atom. The van der Waals surface area contributed by atoms with E-state index in [-0.39, 0.29) is 6.04 Å². The van der Waals surface area contributed by atoms with E-state index >= 15 is 0 Å². The number of para-hydroxylation sites is 1. The fraction of sp³-hybridized carbons (Fsp3) is 0.632. The van der Waals surface area contributed by atoms with Crippen molar-refractivity contribution in [2.24, 2.45) is 10.7 Å². The Balaban J connectivity index is 1.57. The number of nitrogens with two attached hydrogens (primary N) is 1. The molecule has 3 N–H and O–H groups in total. The van der Waals surface area contributed by atoms with Crippen molar-refractivity contribution in [3.05, 3.63) is 29.8 Å². The van der Waals surface area contributed by atoms with Crippen molar-refractivity contribution in [1.29, 1.82) is 0 Å². The highest BCUT2D eigenvalue weighted by atomic mass is 16.5. The van der Waals surface area contributed by atoms with E-state index in [1.807, 2.05) is 18.2 Å². The smallest absolute Gasteiger partial charge is 0.189 e. The van der Waals surface area contributed by atoms with Gasteiger partial charge < -0.3 is 15.8 Å². The molecule has 1 aromatic rings. The van der Waals surface area contributed by atoms with Crippen LogP contribution in [0.4, 0.5) is 0 Å². The standard InChI is InChI=1S/C19H30N4O/c1-14-7-5-6-11-23(14)15(2)13-21-19(20)22-17-10-12-24-18-9-4-3-8-16(17)18/h3-4,8-9,14-15,17H,5-7,10-13H2,1-2H3,(H3,20,21,22). The van der Waals surface area contributed by atoms with E-state index in [2.05, 4.69) is 35.1 Å². The van der Waals surface area contributed by atoms with Crippen LogP contribution in [0.1, 0.15) is 51.1 Å². The molecule has 3 atom stereocenters. The molecule has 3 rings (SSSR count). The predicted octanol–water partition coefficient (Wildman–Crippen LogP) is 2.68. The number of hydrogen-bond donors (Lipinski definition) is 2. The molecule has 132 valence electrons. The third-order valence-electron chi connectivity index (χ3n) is 5.23. The topological polar surface area (TPSA) is 62.9 Å². The van der Waals surface area contributed by atoms with Gasteiger partial charge in [-0.3, -0.25) is 9.89 Å². The molecule has 2 aliphatic rings. The monoisotopic (exact) mass is 330 g/mol. The lowest BCUT2D eigenvalue weighted by Crippen LogP contribution is -2.45. The average molecular weight is 330 g/mol. The van der Waals surface area contributed by atoms with Crippen LogP contribution in [0.5, 0.6) is 5.75 Å². The van der Waals surface area contributed by atoms with E-state index in [1.54, 1.807) is 0 Å². The van der Waals surface area contributed by atoms with Crippen LogP contribution in [-0.2, 0) is 0 Å². The van der Waals surface area contributed by atoms with Gasteiger partial charge in [-0.1, -0.05) is 24.6 Å². The van der Waals surface area contributed by atoms with Crippen molar-refractivity contribution >= 4 is 5.96 Å². The molecule has 2 heterocycles. The Morgan fingerprint density at radius 3 is 3.04 bits per heavy atom. The Labute approximate surface area is 145 Å². The van der Waals surface area contributed by atoms with E-state index < -0.39 is 0 Å². The van der Waals surface area contributed by atoms with Gasteiger partial charge in [0.1, 0.15) is 5.75 Å². The minimum atomic E-state index is 0.183. The average Bonchev–Trinajstić information content (AvgIpc) is 2.60. The van der Waals surface area contributed by atoms with Crippen molar-refractivity contribution in [1.82, 2.24) is 10.2 Å². The van der Waals surface area contributed by atoms with E-state index in [0.717, 1.165) is 18.7 Å². The molecule has 0 amide bonds. The summed E-state index contributed by atoms with van der Waals surface area (Å²) >= 11 is 0. The van der Waals surface area contributed by atoms with Gasteiger partial charge in [0.15, 0.2) is 5.96 Å². The van der Waals surface area contributed by atoms with Gasteiger partial charge in [-0.25, -0.2) is 0 Å². The first kappa shape index (κ1) is 17.1. The number of fused-ring (bicyclic) bond motifs is 1. The fourth-order valence-corrected chi connectivity index (χ4v) is 3.83. The number of guanidine groups is 1. The zero-order valence-electron chi connectivity index (χ0n) is 14.9. The van der Waals surface area contributed by atoms with Crippen LogP contribution in [0.3, 0.4) is 0 Å². The van der Waals surface area contributed by atoms with E-state index in [4.69, 9.17) is 10.5 Å². The predicted molar refractivity (Wildman–Crippen MR) is 98.4 cm³/mol. The number of likely N-dealkylation sites (tertiary alicyclic amines) is 1. The van der Waals surface area contributed by atoms with E-state index in [1.165, 1.54) is 31.4 Å². The Kier molecular flexibility index (Phi) is 5.61. The largest absolute Gasteiger partial charge is 0.493 e. The number of piperidine rings is 1. The summed E-state index contributed by atoms with van der Waals surface area (Å²) in [6, 6.07) is 9.41. The molecule has 24 heavy (non-hydrogen) atoms. The summed E-state index contributed by atoms with van der Waals surface area (Å²) < 4.78 is 5.70. The molecular formula is C19H30N4O. The van der Waals surface area contributed by atoms with E-state index in [9.17, 15) is 0 Å². The molecule has 0 aromatic heterocycles. The van der Waals surface area contributed by atoms with Crippen molar-refractivity contribution in [2.45, 2.75) is 57.7 Å². The number of aliphatic imine (C=N–C) groups is 1. The molecule has 1 aromatic carbocycles. The second-order valence-corrected chi connectivity index (χ2v) is 7.03. The number of ether oxygens (including phenoxy) is 1. The lowest BCUT2D eigenvalue weighted by Gasteiger charge is -2.37. The molecule has 0 bridgehead atoms. The van der Waals surface area contributed by atoms with Crippen LogP contribution in [0.15, 0.2) is 29.3 Å². The molecule has 1 fully saturated rings. The van der Waals surface area contributed by atoms with Gasteiger partial charge >= 0.3 is 0 Å². The van der Waals surface area contributed by atoms with Gasteiger partial charge in [-0.05, 0) is 39.3 Å². The van der Waals surface area contributed by atoms with Gasteiger partial charge in [-0.15, -0.1) is 0 Å². The van der Waals surface area contributed by atoms with Gasteiger partial charge in [0, 0.05) is 24.1 Å². The van der Waals surface area contributed by atoms with Crippen molar-refractivity contribution < 1.29 is 4.74 Å². The number of nitrogens with zero attached hydrogens (tertiary/aromatic N) is 2. The molecular weight excluding hydrogens is 300 g/mol. The van der Waals surface area contributed by atoms with Crippen LogP contribution in [-0.4, -0.2) is 42.6 Å². The van der Waals surface area contributed by atoms with Gasteiger partial charge in [-0.2, -0.15) is 0 Å². The van der Waals surface area contributed by atoms with Crippen LogP contribution >= 0.6 is 0 Å². The van der Waals surface area contributed by atoms with Crippen molar-refractivity contribution in [3.8, 4) is 5.75 Å². The molecule has 5 heteroatoms. The minimum Gasteiger partial charge on any atom is -0.493 e. The molecule has 5 nitrogen and oxygen atoms in total. The molecule has 1 saturated heterocycles. The Hall–Kier alpha value is -1.75. The summed E-state index contributed by atoms with van der Waals surface area (Å²) in [7, 11) is 0. The van der Waals surface area contributed by atoms with Crippen LogP contribution in [0.2, 0.25) is 0 Å². The lowest BCUT2D eigenvalue weighted by molar-refractivity contribution is 0.118. The number of hydrogen-bond acceptors (Lipinski definition) is 3. The summed E-state index contributed by atoms with van der Waals surface area (Å²) in [5, 5.41) is 3.37. The fourth-order valence-electron chi connectivity index (χ4n) is 3.83. The Morgan fingerprint density at radius 2 is 2.21 bits per heavy atom. The second kappa shape index (κ2) is 7.88. The molecule has 0 aliphatic carbocycles. The Bertz CT molecular complexity index is 574. The number of benzene rings is 1. The van der Waals surface area contributed by atoms with E-state index in [0.29, 0.717) is 24.7 Å². The van der Waals surface area contributed by atoms with Crippen LogP contribution < -0.4 is 15.8 Å². The first-order chi connectivity index (χ1) is 11.6. The van der Waals surface area contributed by atoms with Gasteiger partial charge in [0.25, 0.3) is 0 Å². The molecule has 0 saturated carbocycles. The molecule has 0 radical (unpaired) electrons. The third-order valence-corrected chi connectivity index (χ3v) is 5.23. The maximum absolute atomic E-state index is 6.15. The van der Waals surface area contributed by atoms with Crippen LogP contribution in [0.25, 0.3) is 0 Å². The second-order valence-electron chi connectivity index (χ2n) is 7.03. The lowest BCUT2D eigenvalue weighted by atomic mass is 10.0. The van der Waals surface area contributed by atoms with Crippen LogP contribution in [0, 0.1) is 0 Å². The maximum Gasteiger partial charge on any atom is 0.189 e. The third kappa shape index (κ3) is 4.01. The van der Waals surface area contributed by atoms with Crippen molar-refractivity contribution in [3.63, 3.8) is 0 Å². The number of rotatable bonds is 4. The summed E-state index contributed by atoms with van der Waals surface area (Å²) in [5.74, 6) is 1.48. The summed E-state index contributed by atoms with van der Waals surface area (Å²) in [6.45, 7) is 7.21. The molecule has 3 unspecified atom stereocenters. The van der Waals surface area contributed by atoms with Crippen molar-refractivity contribution in [2.75, 3.05) is 19.7 Å². The molecule has 0 spiro atoms.